The summed E-state index contributed by atoms with van der Waals surface area (Å²) in [6.07, 6.45) is 7.55. The van der Waals surface area contributed by atoms with Gasteiger partial charge in [-0.25, -0.2) is 0 Å². The molecule has 4 heteroatoms. The highest BCUT2D eigenvalue weighted by Crippen LogP contribution is 2.34. The number of piperidine rings is 1. The smallest absolute Gasteiger partial charge is 0.119 e. The minimum absolute atomic E-state index is 0. The van der Waals surface area contributed by atoms with E-state index >= 15 is 0 Å². The Morgan fingerprint density at radius 2 is 1.91 bits per heavy atom. The highest BCUT2D eigenvalue weighted by Gasteiger charge is 2.26. The summed E-state index contributed by atoms with van der Waals surface area (Å²) >= 11 is 0. The molecule has 2 aliphatic heterocycles. The Morgan fingerprint density at radius 1 is 1.09 bits per heavy atom. The van der Waals surface area contributed by atoms with Crippen LogP contribution in [0.1, 0.15) is 48.3 Å². The molecule has 128 valence electrons. The van der Waals surface area contributed by atoms with E-state index in [4.69, 9.17) is 0 Å². The van der Waals surface area contributed by atoms with Crippen molar-refractivity contribution in [1.82, 2.24) is 10.6 Å². The Kier molecular flexibility index (Phi) is 7.54. The van der Waals surface area contributed by atoms with Gasteiger partial charge in [0.1, 0.15) is 6.29 Å². The second kappa shape index (κ2) is 9.41. The van der Waals surface area contributed by atoms with Crippen molar-refractivity contribution in [2.45, 2.75) is 44.4 Å². The third kappa shape index (κ3) is 4.79. The second-order valence-corrected chi connectivity index (χ2v) is 6.74. The highest BCUT2D eigenvalue weighted by atomic mass is 35.5. The number of benzene rings is 1. The van der Waals surface area contributed by atoms with Crippen LogP contribution < -0.4 is 10.6 Å². The molecule has 3 nitrogen and oxygen atoms in total. The van der Waals surface area contributed by atoms with Crippen LogP contribution in [-0.4, -0.2) is 32.5 Å². The van der Waals surface area contributed by atoms with Gasteiger partial charge in [0.2, 0.25) is 0 Å². The van der Waals surface area contributed by atoms with Gasteiger partial charge < -0.3 is 15.4 Å². The number of hydrogen-bond donors (Lipinski definition) is 2. The van der Waals surface area contributed by atoms with Crippen molar-refractivity contribution in [3.63, 3.8) is 0 Å². The molecule has 0 saturated carbocycles. The maximum atomic E-state index is 10.6. The molecule has 1 fully saturated rings. The minimum atomic E-state index is 0. The van der Waals surface area contributed by atoms with Crippen LogP contribution in [0.15, 0.2) is 18.2 Å². The number of nitrogens with one attached hydrogen (secondary N) is 2. The first-order valence-electron chi connectivity index (χ1n) is 8.85. The molecule has 0 bridgehead atoms. The summed E-state index contributed by atoms with van der Waals surface area (Å²) < 4.78 is 0. The maximum Gasteiger partial charge on any atom is 0.119 e. The van der Waals surface area contributed by atoms with E-state index in [9.17, 15) is 4.79 Å². The summed E-state index contributed by atoms with van der Waals surface area (Å²) in [6, 6.07) is 7.18. The molecule has 23 heavy (non-hydrogen) atoms. The zero-order valence-electron chi connectivity index (χ0n) is 13.9. The van der Waals surface area contributed by atoms with Gasteiger partial charge in [0.25, 0.3) is 0 Å². The molecule has 2 atom stereocenters. The zero-order chi connectivity index (χ0) is 15.2. The molecule has 2 heterocycles. The number of aldehydes is 1. The molecule has 0 aliphatic carbocycles. The van der Waals surface area contributed by atoms with E-state index in [1.807, 2.05) is 0 Å². The third-order valence-corrected chi connectivity index (χ3v) is 5.32. The first kappa shape index (κ1) is 18.4. The molecule has 1 aromatic rings. The number of carbonyl (C=O) groups is 1. The van der Waals surface area contributed by atoms with E-state index in [2.05, 4.69) is 28.8 Å². The summed E-state index contributed by atoms with van der Waals surface area (Å²) in [6.45, 7) is 4.41. The average molecular weight is 337 g/mol. The summed E-state index contributed by atoms with van der Waals surface area (Å²) in [4.78, 5) is 10.6. The van der Waals surface area contributed by atoms with Gasteiger partial charge in [-0.2, -0.15) is 0 Å². The van der Waals surface area contributed by atoms with Gasteiger partial charge in [0.15, 0.2) is 0 Å². The Labute approximate surface area is 146 Å². The molecule has 2 N–H and O–H groups in total. The van der Waals surface area contributed by atoms with Crippen molar-refractivity contribution in [3.05, 3.63) is 34.9 Å². The lowest BCUT2D eigenvalue weighted by Gasteiger charge is -2.33. The Balaban J connectivity index is 0.00000192. The van der Waals surface area contributed by atoms with Crippen LogP contribution in [0.5, 0.6) is 0 Å². The quantitative estimate of drug-likeness (QED) is 0.641. The van der Waals surface area contributed by atoms with E-state index < -0.39 is 0 Å². The number of hydrogen-bond acceptors (Lipinski definition) is 3. The molecule has 0 radical (unpaired) electrons. The average Bonchev–Trinajstić information content (AvgIpc) is 2.80. The van der Waals surface area contributed by atoms with Gasteiger partial charge in [0.05, 0.1) is 0 Å². The van der Waals surface area contributed by atoms with E-state index in [1.54, 1.807) is 5.56 Å². The Morgan fingerprint density at radius 3 is 2.74 bits per heavy atom. The fraction of sp³-hybridized carbons (Fsp3) is 0.632. The van der Waals surface area contributed by atoms with E-state index in [0.717, 1.165) is 57.6 Å². The van der Waals surface area contributed by atoms with E-state index in [-0.39, 0.29) is 12.4 Å². The van der Waals surface area contributed by atoms with Gasteiger partial charge in [-0.3, -0.25) is 0 Å². The van der Waals surface area contributed by atoms with Gasteiger partial charge in [-0.1, -0.05) is 18.2 Å². The second-order valence-electron chi connectivity index (χ2n) is 6.74. The SMILES string of the molecule is Cl.O=CCCCC1CCNCC1c1ccc2c(c1)CCNCC2. The topological polar surface area (TPSA) is 41.1 Å². The lowest BCUT2D eigenvalue weighted by atomic mass is 9.78. The number of carbonyl (C=O) groups excluding carboxylic acids is 1. The largest absolute Gasteiger partial charge is 0.316 e. The summed E-state index contributed by atoms with van der Waals surface area (Å²) in [5, 5.41) is 7.06. The van der Waals surface area contributed by atoms with Crippen LogP contribution in [-0.2, 0) is 17.6 Å². The molecule has 2 aliphatic rings. The normalized spacial score (nSPS) is 24.2. The minimum Gasteiger partial charge on any atom is -0.316 e. The molecule has 1 aromatic carbocycles. The van der Waals surface area contributed by atoms with Crippen LogP contribution in [0.25, 0.3) is 0 Å². The maximum absolute atomic E-state index is 10.6. The van der Waals surface area contributed by atoms with Crippen molar-refractivity contribution in [2.75, 3.05) is 26.2 Å². The van der Waals surface area contributed by atoms with Gasteiger partial charge in [-0.05, 0) is 80.3 Å². The molecular weight excluding hydrogens is 308 g/mol. The first-order chi connectivity index (χ1) is 10.9. The fourth-order valence-corrected chi connectivity index (χ4v) is 4.04. The van der Waals surface area contributed by atoms with Crippen molar-refractivity contribution >= 4 is 18.7 Å². The van der Waals surface area contributed by atoms with Gasteiger partial charge in [-0.15, -0.1) is 12.4 Å². The lowest BCUT2D eigenvalue weighted by molar-refractivity contribution is -0.108. The predicted molar refractivity (Wildman–Crippen MR) is 97.6 cm³/mol. The first-order valence-corrected chi connectivity index (χ1v) is 8.85. The number of rotatable bonds is 5. The Hall–Kier alpha value is -0.900. The van der Waals surface area contributed by atoms with Gasteiger partial charge >= 0.3 is 0 Å². The highest BCUT2D eigenvalue weighted by molar-refractivity contribution is 5.85. The van der Waals surface area contributed by atoms with E-state index in [1.165, 1.54) is 24.0 Å². The standard InChI is InChI=1S/C19H28N2O.ClH/c22-12-2-1-3-16-7-11-21-14-19(16)18-5-4-15-6-9-20-10-8-17(15)13-18;/h4-5,12-13,16,19-21H,1-3,6-11,14H2;1H. The fourth-order valence-electron chi connectivity index (χ4n) is 4.04. The zero-order valence-corrected chi connectivity index (χ0v) is 14.7. The number of fused-ring (bicyclic) bond motifs is 1. The number of unbranched alkanes of at least 4 members (excludes halogenated alkanes) is 1. The molecular formula is C19H29ClN2O. The summed E-state index contributed by atoms with van der Waals surface area (Å²) in [5.74, 6) is 1.34. The predicted octanol–water partition coefficient (Wildman–Crippen LogP) is 2.86. The van der Waals surface area contributed by atoms with Crippen LogP contribution in [0.3, 0.4) is 0 Å². The number of halogens is 1. The van der Waals surface area contributed by atoms with Crippen LogP contribution >= 0.6 is 12.4 Å². The Bertz CT molecular complexity index is 506. The summed E-state index contributed by atoms with van der Waals surface area (Å²) in [5.41, 5.74) is 4.57. The van der Waals surface area contributed by atoms with E-state index in [0.29, 0.717) is 12.3 Å². The lowest BCUT2D eigenvalue weighted by Crippen LogP contribution is -2.35. The van der Waals surface area contributed by atoms with Crippen LogP contribution in [0, 0.1) is 5.92 Å². The van der Waals surface area contributed by atoms with Crippen LogP contribution in [0.4, 0.5) is 0 Å². The molecule has 1 saturated heterocycles. The monoisotopic (exact) mass is 336 g/mol. The molecule has 0 aromatic heterocycles. The van der Waals surface area contributed by atoms with Crippen LogP contribution in [0.2, 0.25) is 0 Å². The third-order valence-electron chi connectivity index (χ3n) is 5.32. The molecule has 3 rings (SSSR count). The van der Waals surface area contributed by atoms with Crippen molar-refractivity contribution in [2.24, 2.45) is 5.92 Å². The van der Waals surface area contributed by atoms with Crippen molar-refractivity contribution in [3.8, 4) is 0 Å². The molecule has 0 spiro atoms. The van der Waals surface area contributed by atoms with Crippen molar-refractivity contribution in [1.29, 1.82) is 0 Å². The molecule has 0 amide bonds. The van der Waals surface area contributed by atoms with Gasteiger partial charge in [0, 0.05) is 13.0 Å². The molecule has 2 unspecified atom stereocenters. The summed E-state index contributed by atoms with van der Waals surface area (Å²) in [7, 11) is 0. The van der Waals surface area contributed by atoms with Crippen molar-refractivity contribution < 1.29 is 4.79 Å².